The standard InChI is InChI=1S/C11H18ClN3O/c1-5-9-6-10(15(4)13-9)11(16)14(3)8(2)7-12/h6,8H,5,7H2,1-4H3. The van der Waals surface area contributed by atoms with E-state index in [4.69, 9.17) is 11.6 Å². The van der Waals surface area contributed by atoms with Crippen molar-refractivity contribution in [3.63, 3.8) is 0 Å². The third-order valence-electron chi connectivity index (χ3n) is 2.72. The van der Waals surface area contributed by atoms with E-state index < -0.39 is 0 Å². The first-order valence-corrected chi connectivity index (χ1v) is 5.90. The molecule has 5 heteroatoms. The number of aromatic nitrogens is 2. The number of hydrogen-bond donors (Lipinski definition) is 0. The summed E-state index contributed by atoms with van der Waals surface area (Å²) in [5, 5.41) is 4.25. The summed E-state index contributed by atoms with van der Waals surface area (Å²) in [6, 6.07) is 1.86. The number of amides is 1. The van der Waals surface area contributed by atoms with E-state index in [1.54, 1.807) is 23.7 Å². The molecular formula is C11H18ClN3O. The second-order valence-corrected chi connectivity index (χ2v) is 4.23. The Morgan fingerprint density at radius 1 is 1.69 bits per heavy atom. The minimum atomic E-state index is -0.0390. The third-order valence-corrected chi connectivity index (χ3v) is 3.16. The van der Waals surface area contributed by atoms with E-state index in [1.165, 1.54) is 0 Å². The molecule has 0 aliphatic carbocycles. The van der Waals surface area contributed by atoms with E-state index in [1.807, 2.05) is 19.9 Å². The van der Waals surface area contributed by atoms with Gasteiger partial charge in [0.15, 0.2) is 0 Å². The molecule has 0 radical (unpaired) electrons. The molecule has 1 aromatic rings. The van der Waals surface area contributed by atoms with E-state index in [9.17, 15) is 4.79 Å². The Balaban J connectivity index is 2.91. The first-order chi connectivity index (χ1) is 7.51. The predicted octanol–water partition coefficient (Wildman–Crippen LogP) is 1.68. The van der Waals surface area contributed by atoms with Gasteiger partial charge >= 0.3 is 0 Å². The fraction of sp³-hybridized carbons (Fsp3) is 0.636. The zero-order valence-corrected chi connectivity index (χ0v) is 11.0. The number of alkyl halides is 1. The van der Waals surface area contributed by atoms with Crippen LogP contribution in [0.1, 0.15) is 30.0 Å². The smallest absolute Gasteiger partial charge is 0.272 e. The lowest BCUT2D eigenvalue weighted by Gasteiger charge is -2.22. The molecule has 1 amide bonds. The van der Waals surface area contributed by atoms with Gasteiger partial charge in [0.05, 0.1) is 5.69 Å². The highest BCUT2D eigenvalue weighted by molar-refractivity contribution is 6.18. The molecule has 0 spiro atoms. The minimum Gasteiger partial charge on any atom is -0.336 e. The topological polar surface area (TPSA) is 38.1 Å². The molecule has 1 heterocycles. The summed E-state index contributed by atoms with van der Waals surface area (Å²) >= 11 is 5.73. The van der Waals surface area contributed by atoms with Crippen molar-refractivity contribution < 1.29 is 4.79 Å². The van der Waals surface area contributed by atoms with Gasteiger partial charge in [-0.1, -0.05) is 6.92 Å². The molecule has 1 aromatic heterocycles. The van der Waals surface area contributed by atoms with Crippen LogP contribution in [0.15, 0.2) is 6.07 Å². The number of carbonyl (C=O) groups excluding carboxylic acids is 1. The number of hydrogen-bond acceptors (Lipinski definition) is 2. The zero-order chi connectivity index (χ0) is 12.3. The largest absolute Gasteiger partial charge is 0.336 e. The van der Waals surface area contributed by atoms with Gasteiger partial charge in [0.25, 0.3) is 5.91 Å². The third kappa shape index (κ3) is 2.55. The maximum absolute atomic E-state index is 12.1. The predicted molar refractivity (Wildman–Crippen MR) is 64.9 cm³/mol. The Labute approximate surface area is 101 Å². The number of nitrogens with zero attached hydrogens (tertiary/aromatic N) is 3. The van der Waals surface area contributed by atoms with Crippen LogP contribution in [0.25, 0.3) is 0 Å². The van der Waals surface area contributed by atoms with Gasteiger partial charge in [-0.05, 0) is 19.4 Å². The molecule has 0 aromatic carbocycles. The molecule has 1 atom stereocenters. The second kappa shape index (κ2) is 5.34. The SMILES string of the molecule is CCc1cc(C(=O)N(C)C(C)CCl)n(C)n1. The van der Waals surface area contributed by atoms with Gasteiger partial charge in [-0.25, -0.2) is 0 Å². The van der Waals surface area contributed by atoms with Crippen LogP contribution in [-0.4, -0.2) is 39.6 Å². The fourth-order valence-electron chi connectivity index (χ4n) is 1.38. The lowest BCUT2D eigenvalue weighted by molar-refractivity contribution is 0.0745. The first kappa shape index (κ1) is 13.0. The zero-order valence-electron chi connectivity index (χ0n) is 10.2. The molecule has 4 nitrogen and oxygen atoms in total. The summed E-state index contributed by atoms with van der Waals surface area (Å²) in [5.41, 5.74) is 1.54. The van der Waals surface area contributed by atoms with E-state index in [-0.39, 0.29) is 11.9 Å². The molecule has 0 saturated heterocycles. The molecule has 1 rings (SSSR count). The van der Waals surface area contributed by atoms with Gasteiger partial charge < -0.3 is 4.90 Å². The van der Waals surface area contributed by atoms with Crippen LogP contribution in [0.2, 0.25) is 0 Å². The summed E-state index contributed by atoms with van der Waals surface area (Å²) in [7, 11) is 3.54. The summed E-state index contributed by atoms with van der Waals surface area (Å²) in [6.45, 7) is 3.93. The van der Waals surface area contributed by atoms with Gasteiger partial charge in [0.2, 0.25) is 0 Å². The second-order valence-electron chi connectivity index (χ2n) is 3.92. The summed E-state index contributed by atoms with van der Waals surface area (Å²) in [6.07, 6.45) is 0.829. The van der Waals surface area contributed by atoms with Crippen LogP contribution in [0, 0.1) is 0 Å². The minimum absolute atomic E-state index is 0.0224. The Hall–Kier alpha value is -1.03. The van der Waals surface area contributed by atoms with Gasteiger partial charge in [0, 0.05) is 26.0 Å². The molecule has 0 aliphatic rings. The lowest BCUT2D eigenvalue weighted by Crippen LogP contribution is -2.37. The van der Waals surface area contributed by atoms with Gasteiger partial charge in [-0.3, -0.25) is 9.48 Å². The van der Waals surface area contributed by atoms with Crippen LogP contribution in [-0.2, 0) is 13.5 Å². The van der Waals surface area contributed by atoms with Crippen LogP contribution < -0.4 is 0 Å². The monoisotopic (exact) mass is 243 g/mol. The summed E-state index contributed by atoms with van der Waals surface area (Å²) in [4.78, 5) is 13.7. The highest BCUT2D eigenvalue weighted by atomic mass is 35.5. The van der Waals surface area contributed by atoms with Crippen molar-refractivity contribution >= 4 is 17.5 Å². The van der Waals surface area contributed by atoms with Crippen molar-refractivity contribution in [2.24, 2.45) is 7.05 Å². The molecular weight excluding hydrogens is 226 g/mol. The molecule has 90 valence electrons. The average Bonchev–Trinajstić information content (AvgIpc) is 2.67. The molecule has 0 aliphatic heterocycles. The van der Waals surface area contributed by atoms with E-state index in [2.05, 4.69) is 5.10 Å². The Bertz CT molecular complexity index is 375. The average molecular weight is 244 g/mol. The Kier molecular flexibility index (Phi) is 4.35. The number of aryl methyl sites for hydroxylation is 2. The molecule has 0 bridgehead atoms. The maximum atomic E-state index is 12.1. The normalized spacial score (nSPS) is 12.6. The first-order valence-electron chi connectivity index (χ1n) is 5.37. The maximum Gasteiger partial charge on any atom is 0.272 e. The molecule has 1 unspecified atom stereocenters. The van der Waals surface area contributed by atoms with E-state index >= 15 is 0 Å². The number of rotatable bonds is 4. The van der Waals surface area contributed by atoms with Crippen molar-refractivity contribution in [1.29, 1.82) is 0 Å². The van der Waals surface area contributed by atoms with Crippen molar-refractivity contribution in [3.8, 4) is 0 Å². The van der Waals surface area contributed by atoms with E-state index in [0.717, 1.165) is 12.1 Å². The summed E-state index contributed by atoms with van der Waals surface area (Å²) in [5.74, 6) is 0.392. The van der Waals surface area contributed by atoms with Crippen LogP contribution >= 0.6 is 11.6 Å². The Morgan fingerprint density at radius 3 is 2.75 bits per heavy atom. The van der Waals surface area contributed by atoms with Gasteiger partial charge in [-0.2, -0.15) is 5.10 Å². The van der Waals surface area contributed by atoms with Crippen molar-refractivity contribution in [3.05, 3.63) is 17.5 Å². The quantitative estimate of drug-likeness (QED) is 0.755. The van der Waals surface area contributed by atoms with Crippen LogP contribution in [0.3, 0.4) is 0 Å². The highest BCUT2D eigenvalue weighted by Crippen LogP contribution is 2.09. The number of halogens is 1. The van der Waals surface area contributed by atoms with Crippen LogP contribution in [0.4, 0.5) is 0 Å². The molecule has 16 heavy (non-hydrogen) atoms. The number of carbonyl (C=O) groups is 1. The molecule has 0 N–H and O–H groups in total. The summed E-state index contributed by atoms with van der Waals surface area (Å²) < 4.78 is 1.62. The Morgan fingerprint density at radius 2 is 2.31 bits per heavy atom. The van der Waals surface area contributed by atoms with Gasteiger partial charge in [0.1, 0.15) is 5.69 Å². The van der Waals surface area contributed by atoms with E-state index in [0.29, 0.717) is 11.6 Å². The van der Waals surface area contributed by atoms with Crippen LogP contribution in [0.5, 0.6) is 0 Å². The molecule has 0 fully saturated rings. The highest BCUT2D eigenvalue weighted by Gasteiger charge is 2.20. The molecule has 0 saturated carbocycles. The van der Waals surface area contributed by atoms with Crippen molar-refractivity contribution in [2.45, 2.75) is 26.3 Å². The van der Waals surface area contributed by atoms with Gasteiger partial charge in [-0.15, -0.1) is 11.6 Å². The lowest BCUT2D eigenvalue weighted by atomic mass is 10.2. The van der Waals surface area contributed by atoms with Crippen molar-refractivity contribution in [2.75, 3.05) is 12.9 Å². The fourth-order valence-corrected chi connectivity index (χ4v) is 1.59. The van der Waals surface area contributed by atoms with Crippen molar-refractivity contribution in [1.82, 2.24) is 14.7 Å².